The summed E-state index contributed by atoms with van der Waals surface area (Å²) in [7, 11) is 0. The average Bonchev–Trinajstić information content (AvgIpc) is 2.29. The van der Waals surface area contributed by atoms with Crippen LogP contribution < -0.4 is 0 Å². The van der Waals surface area contributed by atoms with Crippen LogP contribution in [0.2, 0.25) is 0 Å². The Bertz CT molecular complexity index is 258. The summed E-state index contributed by atoms with van der Waals surface area (Å²) in [4.78, 5) is 0. The molecule has 0 amide bonds. The third kappa shape index (κ3) is 4.52. The van der Waals surface area contributed by atoms with Crippen LogP contribution in [0.4, 0.5) is 0 Å². The fraction of sp³-hybridized carbons (Fsp3) is 0.538. The van der Waals surface area contributed by atoms with E-state index in [1.807, 2.05) is 23.5 Å². The van der Waals surface area contributed by atoms with E-state index < -0.39 is 0 Å². The zero-order valence-corrected chi connectivity index (χ0v) is 11.4. The van der Waals surface area contributed by atoms with Crippen molar-refractivity contribution in [1.29, 1.82) is 0 Å². The molecule has 0 fully saturated rings. The summed E-state index contributed by atoms with van der Waals surface area (Å²) < 4.78 is 0. The SMILES string of the molecule is CSCC(Cc1ccccc1)C(C)SC. The molecule has 15 heavy (non-hydrogen) atoms. The van der Waals surface area contributed by atoms with Gasteiger partial charge in [-0.1, -0.05) is 37.3 Å². The summed E-state index contributed by atoms with van der Waals surface area (Å²) in [5.74, 6) is 2.05. The molecule has 0 bridgehead atoms. The largest absolute Gasteiger partial charge is 0.165 e. The van der Waals surface area contributed by atoms with Crippen LogP contribution in [-0.2, 0) is 6.42 Å². The first-order valence-corrected chi connectivity index (χ1v) is 8.01. The second-order valence-electron chi connectivity index (χ2n) is 3.85. The van der Waals surface area contributed by atoms with Crippen molar-refractivity contribution in [3.63, 3.8) is 0 Å². The van der Waals surface area contributed by atoms with Crippen molar-refractivity contribution in [2.24, 2.45) is 5.92 Å². The molecule has 0 heterocycles. The number of benzene rings is 1. The van der Waals surface area contributed by atoms with E-state index in [1.54, 1.807) is 0 Å². The second kappa shape index (κ2) is 7.24. The van der Waals surface area contributed by atoms with Crippen LogP contribution in [-0.4, -0.2) is 23.5 Å². The van der Waals surface area contributed by atoms with Crippen molar-refractivity contribution >= 4 is 23.5 Å². The van der Waals surface area contributed by atoms with Crippen molar-refractivity contribution in [2.45, 2.75) is 18.6 Å². The van der Waals surface area contributed by atoms with Gasteiger partial charge in [0.25, 0.3) is 0 Å². The van der Waals surface area contributed by atoms with E-state index in [0.29, 0.717) is 0 Å². The second-order valence-corrected chi connectivity index (χ2v) is 5.97. The average molecular weight is 240 g/mol. The predicted octanol–water partition coefficient (Wildman–Crippen LogP) is 3.96. The van der Waals surface area contributed by atoms with Crippen molar-refractivity contribution in [3.05, 3.63) is 35.9 Å². The Morgan fingerprint density at radius 3 is 2.33 bits per heavy atom. The van der Waals surface area contributed by atoms with Gasteiger partial charge in [-0.25, -0.2) is 0 Å². The van der Waals surface area contributed by atoms with E-state index in [-0.39, 0.29) is 0 Å². The van der Waals surface area contributed by atoms with E-state index in [4.69, 9.17) is 0 Å². The normalized spacial score (nSPS) is 14.9. The van der Waals surface area contributed by atoms with Gasteiger partial charge in [0.15, 0.2) is 0 Å². The van der Waals surface area contributed by atoms with Crippen molar-refractivity contribution in [3.8, 4) is 0 Å². The van der Waals surface area contributed by atoms with Crippen LogP contribution in [0.1, 0.15) is 12.5 Å². The third-order valence-electron chi connectivity index (χ3n) is 2.76. The minimum absolute atomic E-state index is 0.748. The van der Waals surface area contributed by atoms with Gasteiger partial charge in [0.2, 0.25) is 0 Å². The van der Waals surface area contributed by atoms with Gasteiger partial charge in [-0.2, -0.15) is 23.5 Å². The lowest BCUT2D eigenvalue weighted by molar-refractivity contribution is 0.585. The Balaban J connectivity index is 2.58. The molecule has 0 spiro atoms. The summed E-state index contributed by atoms with van der Waals surface area (Å²) >= 11 is 3.94. The van der Waals surface area contributed by atoms with Crippen LogP contribution in [0, 0.1) is 5.92 Å². The Hall–Kier alpha value is -0.0800. The highest BCUT2D eigenvalue weighted by atomic mass is 32.2. The van der Waals surface area contributed by atoms with Gasteiger partial charge in [-0.3, -0.25) is 0 Å². The molecule has 0 N–H and O–H groups in total. The van der Waals surface area contributed by atoms with Gasteiger partial charge in [-0.05, 0) is 36.2 Å². The molecular formula is C13H20S2. The van der Waals surface area contributed by atoms with E-state index >= 15 is 0 Å². The molecule has 2 unspecified atom stereocenters. The molecule has 1 aromatic rings. The molecule has 1 aromatic carbocycles. The van der Waals surface area contributed by atoms with E-state index in [1.165, 1.54) is 17.7 Å². The fourth-order valence-electron chi connectivity index (χ4n) is 1.68. The van der Waals surface area contributed by atoms with Crippen molar-refractivity contribution in [1.82, 2.24) is 0 Å². The molecule has 0 saturated heterocycles. The monoisotopic (exact) mass is 240 g/mol. The van der Waals surface area contributed by atoms with Gasteiger partial charge in [0.1, 0.15) is 0 Å². The Labute approximate surface area is 102 Å². The first-order valence-electron chi connectivity index (χ1n) is 5.33. The Morgan fingerprint density at radius 1 is 1.13 bits per heavy atom. The Morgan fingerprint density at radius 2 is 1.80 bits per heavy atom. The molecule has 0 aliphatic heterocycles. The van der Waals surface area contributed by atoms with Crippen LogP contribution in [0.5, 0.6) is 0 Å². The van der Waals surface area contributed by atoms with Crippen molar-refractivity contribution in [2.75, 3.05) is 18.3 Å². The number of thioether (sulfide) groups is 2. The van der Waals surface area contributed by atoms with E-state index in [2.05, 4.69) is 49.8 Å². The number of hydrogen-bond donors (Lipinski definition) is 0. The quantitative estimate of drug-likeness (QED) is 0.738. The maximum atomic E-state index is 2.34. The van der Waals surface area contributed by atoms with Gasteiger partial charge in [0, 0.05) is 5.25 Å². The molecule has 0 aromatic heterocycles. The van der Waals surface area contributed by atoms with Crippen molar-refractivity contribution < 1.29 is 0 Å². The van der Waals surface area contributed by atoms with Gasteiger partial charge in [-0.15, -0.1) is 0 Å². The lowest BCUT2D eigenvalue weighted by Crippen LogP contribution is -2.19. The lowest BCUT2D eigenvalue weighted by Gasteiger charge is -2.21. The number of hydrogen-bond acceptors (Lipinski definition) is 2. The third-order valence-corrected chi connectivity index (χ3v) is 4.65. The highest BCUT2D eigenvalue weighted by Crippen LogP contribution is 2.23. The van der Waals surface area contributed by atoms with Crippen LogP contribution in [0.3, 0.4) is 0 Å². The highest BCUT2D eigenvalue weighted by molar-refractivity contribution is 7.99. The summed E-state index contributed by atoms with van der Waals surface area (Å²) in [6.45, 7) is 2.34. The van der Waals surface area contributed by atoms with Crippen LogP contribution in [0.15, 0.2) is 30.3 Å². The summed E-state index contributed by atoms with van der Waals surface area (Å²) in [5, 5.41) is 0.748. The molecule has 1 rings (SSSR count). The zero-order chi connectivity index (χ0) is 11.1. The Kier molecular flexibility index (Phi) is 6.26. The van der Waals surface area contributed by atoms with E-state index in [0.717, 1.165) is 11.2 Å². The van der Waals surface area contributed by atoms with Crippen LogP contribution >= 0.6 is 23.5 Å². The molecule has 0 aliphatic rings. The molecule has 0 nitrogen and oxygen atoms in total. The van der Waals surface area contributed by atoms with E-state index in [9.17, 15) is 0 Å². The molecule has 2 atom stereocenters. The zero-order valence-electron chi connectivity index (χ0n) is 9.77. The maximum Gasteiger partial charge on any atom is 0.00552 e. The topological polar surface area (TPSA) is 0 Å². The van der Waals surface area contributed by atoms with Gasteiger partial charge < -0.3 is 0 Å². The van der Waals surface area contributed by atoms with Gasteiger partial charge in [0.05, 0.1) is 0 Å². The maximum absolute atomic E-state index is 2.34. The molecule has 0 radical (unpaired) electrons. The minimum atomic E-state index is 0.748. The standard InChI is InChI=1S/C13H20S2/c1-11(15-3)13(10-14-2)9-12-7-5-4-6-8-12/h4-8,11,13H,9-10H2,1-3H3. The van der Waals surface area contributed by atoms with Crippen LogP contribution in [0.25, 0.3) is 0 Å². The summed E-state index contributed by atoms with van der Waals surface area (Å²) in [6.07, 6.45) is 5.62. The first kappa shape index (κ1) is 13.0. The molecule has 84 valence electrons. The lowest BCUT2D eigenvalue weighted by atomic mass is 9.98. The predicted molar refractivity (Wildman–Crippen MR) is 75.0 cm³/mol. The van der Waals surface area contributed by atoms with Gasteiger partial charge >= 0.3 is 0 Å². The summed E-state index contributed by atoms with van der Waals surface area (Å²) in [6, 6.07) is 10.8. The molecule has 0 aliphatic carbocycles. The highest BCUT2D eigenvalue weighted by Gasteiger charge is 2.16. The first-order chi connectivity index (χ1) is 7.27. The molecule has 2 heteroatoms. The summed E-state index contributed by atoms with van der Waals surface area (Å²) in [5.41, 5.74) is 1.47. The minimum Gasteiger partial charge on any atom is -0.165 e. The number of rotatable bonds is 6. The molecular weight excluding hydrogens is 220 g/mol. The smallest absolute Gasteiger partial charge is 0.00552 e. The fourth-order valence-corrected chi connectivity index (χ4v) is 3.22. The molecule has 0 saturated carbocycles.